The third-order valence-corrected chi connectivity index (χ3v) is 20.7. The number of aromatic nitrogens is 1. The number of nitrogens with one attached hydrogen (secondary N) is 1. The Balaban J connectivity index is 3.46. The van der Waals surface area contributed by atoms with Crippen molar-refractivity contribution in [2.24, 2.45) is 0 Å². The molecule has 0 atom stereocenters. The number of hydrogen-bond acceptors (Lipinski definition) is 6. The molecule has 1 aromatic rings. The van der Waals surface area contributed by atoms with Crippen LogP contribution >= 0.6 is 11.3 Å². The standard InChI is InChI=1S/C20H42N2O4S2Si2/c1-18(2,3)29(10,11)22-28(23,24)16-15(14-26-30(12,13)19(4,5)6)21-17(27-16)20(7,8)25-9/h22H,14H2,1-13H3. The summed E-state index contributed by atoms with van der Waals surface area (Å²) in [5, 5.41) is 0.530. The lowest BCUT2D eigenvalue weighted by molar-refractivity contribution is 0.0188. The molecule has 0 radical (unpaired) electrons. The Kier molecular flexibility index (Phi) is 8.08. The van der Waals surface area contributed by atoms with Crippen molar-refractivity contribution < 1.29 is 17.6 Å². The van der Waals surface area contributed by atoms with Crippen molar-refractivity contribution in [3.05, 3.63) is 10.7 Å². The van der Waals surface area contributed by atoms with Gasteiger partial charge in [0, 0.05) is 7.11 Å². The van der Waals surface area contributed by atoms with Crippen LogP contribution in [0.2, 0.25) is 36.3 Å². The monoisotopic (exact) mass is 494 g/mol. The average molecular weight is 495 g/mol. The third-order valence-electron chi connectivity index (χ3n) is 6.57. The predicted octanol–water partition coefficient (Wildman–Crippen LogP) is 5.83. The lowest BCUT2D eigenvalue weighted by Gasteiger charge is -2.37. The topological polar surface area (TPSA) is 77.5 Å². The quantitative estimate of drug-likeness (QED) is 0.460. The van der Waals surface area contributed by atoms with Gasteiger partial charge in [0.2, 0.25) is 10.0 Å². The highest BCUT2D eigenvalue weighted by molar-refractivity contribution is 7.93. The zero-order chi connectivity index (χ0) is 24.0. The number of methoxy groups -OCH3 is 1. The van der Waals surface area contributed by atoms with E-state index < -0.39 is 32.2 Å². The summed E-state index contributed by atoms with van der Waals surface area (Å²) >= 11 is 1.18. The number of nitrogens with zero attached hydrogens (tertiary/aromatic N) is 1. The first-order valence-electron chi connectivity index (χ1n) is 10.3. The molecular weight excluding hydrogens is 453 g/mol. The van der Waals surface area contributed by atoms with E-state index in [9.17, 15) is 8.42 Å². The van der Waals surface area contributed by atoms with Crippen LogP contribution < -0.4 is 4.39 Å². The van der Waals surface area contributed by atoms with Gasteiger partial charge in [-0.05, 0) is 37.0 Å². The van der Waals surface area contributed by atoms with E-state index in [-0.39, 0.29) is 20.9 Å². The van der Waals surface area contributed by atoms with Crippen molar-refractivity contribution in [1.29, 1.82) is 0 Å². The average Bonchev–Trinajstić information content (AvgIpc) is 2.96. The van der Waals surface area contributed by atoms with E-state index in [2.05, 4.69) is 64.0 Å². The van der Waals surface area contributed by atoms with Crippen LogP contribution in [-0.2, 0) is 31.4 Å². The summed E-state index contributed by atoms with van der Waals surface area (Å²) in [7, 11) is -6.50. The first-order valence-corrected chi connectivity index (χ1v) is 18.5. The summed E-state index contributed by atoms with van der Waals surface area (Å²) in [5.74, 6) is 0. The van der Waals surface area contributed by atoms with E-state index in [0.717, 1.165) is 0 Å². The summed E-state index contributed by atoms with van der Waals surface area (Å²) in [6, 6.07) is 0. The van der Waals surface area contributed by atoms with Crippen molar-refractivity contribution >= 4 is 37.9 Å². The molecule has 6 nitrogen and oxygen atoms in total. The Morgan fingerprint density at radius 2 is 1.47 bits per heavy atom. The summed E-state index contributed by atoms with van der Waals surface area (Å²) in [6.45, 7) is 25.1. The molecule has 0 unspecified atom stereocenters. The SMILES string of the molecule is COC(C)(C)c1nc(CO[Si](C)(C)C(C)(C)C)c(S(=O)(=O)N[Si](C)(C)C(C)(C)C)s1. The van der Waals surface area contributed by atoms with Crippen molar-refractivity contribution in [2.75, 3.05) is 7.11 Å². The fraction of sp³-hybridized carbons (Fsp3) is 0.850. The summed E-state index contributed by atoms with van der Waals surface area (Å²) in [4.78, 5) is 4.68. The molecule has 0 amide bonds. The van der Waals surface area contributed by atoms with E-state index in [1.807, 2.05) is 26.9 Å². The van der Waals surface area contributed by atoms with E-state index >= 15 is 0 Å². The van der Waals surface area contributed by atoms with Crippen LogP contribution in [0.4, 0.5) is 0 Å². The third kappa shape index (κ3) is 6.23. The molecule has 1 aromatic heterocycles. The summed E-state index contributed by atoms with van der Waals surface area (Å²) in [6.07, 6.45) is 0. The highest BCUT2D eigenvalue weighted by Crippen LogP contribution is 2.40. The molecule has 0 aromatic carbocycles. The number of thiazole rings is 1. The van der Waals surface area contributed by atoms with Crippen molar-refractivity contribution in [2.45, 2.75) is 108 Å². The normalized spacial score (nSPS) is 15.0. The van der Waals surface area contributed by atoms with Gasteiger partial charge in [-0.3, -0.25) is 0 Å². The van der Waals surface area contributed by atoms with E-state index in [4.69, 9.17) is 9.16 Å². The van der Waals surface area contributed by atoms with Gasteiger partial charge in [0.25, 0.3) is 0 Å². The van der Waals surface area contributed by atoms with Crippen molar-refractivity contribution in [3.63, 3.8) is 0 Å². The van der Waals surface area contributed by atoms with Gasteiger partial charge in [0.15, 0.2) is 12.5 Å². The highest BCUT2D eigenvalue weighted by atomic mass is 32.2. The molecule has 0 spiro atoms. The maximum Gasteiger partial charge on any atom is 0.246 e. The van der Waals surface area contributed by atoms with Crippen LogP contribution in [0.5, 0.6) is 0 Å². The number of hydrogen-bond donors (Lipinski definition) is 1. The van der Waals surface area contributed by atoms with Crippen LogP contribution in [-0.4, -0.2) is 37.1 Å². The maximum absolute atomic E-state index is 13.5. The smallest absolute Gasteiger partial charge is 0.246 e. The Hall–Kier alpha value is -0.106. The fourth-order valence-electron chi connectivity index (χ4n) is 1.98. The van der Waals surface area contributed by atoms with Gasteiger partial charge in [-0.1, -0.05) is 54.6 Å². The van der Waals surface area contributed by atoms with Gasteiger partial charge < -0.3 is 9.16 Å². The van der Waals surface area contributed by atoms with E-state index in [1.54, 1.807) is 7.11 Å². The molecule has 1 rings (SSSR count). The van der Waals surface area contributed by atoms with Crippen molar-refractivity contribution in [1.82, 2.24) is 9.37 Å². The Bertz CT molecular complexity index is 849. The lowest BCUT2D eigenvalue weighted by Crippen LogP contribution is -2.54. The molecular formula is C20H42N2O4S2Si2. The second-order valence-corrected chi connectivity index (χ2v) is 24.5. The number of sulfonamides is 1. The second kappa shape index (κ2) is 8.68. The Morgan fingerprint density at radius 3 is 1.87 bits per heavy atom. The van der Waals surface area contributed by atoms with Crippen LogP contribution in [0, 0.1) is 0 Å². The second-order valence-electron chi connectivity index (χ2n) is 11.5. The molecule has 0 fully saturated rings. The molecule has 176 valence electrons. The Labute approximate surface area is 190 Å². The Morgan fingerprint density at radius 1 is 0.967 bits per heavy atom. The van der Waals surface area contributed by atoms with Gasteiger partial charge in [0.05, 0.1) is 12.3 Å². The van der Waals surface area contributed by atoms with Gasteiger partial charge in [-0.2, -0.15) is 0 Å². The number of rotatable bonds is 8. The van der Waals surface area contributed by atoms with Gasteiger partial charge in [-0.25, -0.2) is 17.8 Å². The minimum atomic E-state index is -3.73. The minimum absolute atomic E-state index is 0.0239. The largest absolute Gasteiger partial charge is 0.411 e. The summed E-state index contributed by atoms with van der Waals surface area (Å²) in [5.41, 5.74) is -0.211. The fourth-order valence-corrected chi connectivity index (χ4v) is 9.55. The summed E-state index contributed by atoms with van der Waals surface area (Å²) < 4.78 is 42.1. The van der Waals surface area contributed by atoms with Crippen LogP contribution in [0.25, 0.3) is 0 Å². The molecule has 0 bridgehead atoms. The first-order chi connectivity index (χ1) is 13.1. The van der Waals surface area contributed by atoms with Gasteiger partial charge in [-0.15, -0.1) is 11.3 Å². The first kappa shape index (κ1) is 27.9. The molecule has 0 saturated heterocycles. The van der Waals surface area contributed by atoms with Crippen molar-refractivity contribution in [3.8, 4) is 0 Å². The molecule has 0 aliphatic carbocycles. The zero-order valence-electron chi connectivity index (χ0n) is 21.1. The van der Waals surface area contributed by atoms with Crippen LogP contribution in [0.3, 0.4) is 0 Å². The maximum atomic E-state index is 13.5. The number of ether oxygens (including phenoxy) is 1. The van der Waals surface area contributed by atoms with E-state index in [0.29, 0.717) is 10.7 Å². The molecule has 0 aliphatic rings. The molecule has 0 aliphatic heterocycles. The van der Waals surface area contributed by atoms with E-state index in [1.165, 1.54) is 11.3 Å². The highest BCUT2D eigenvalue weighted by Gasteiger charge is 2.42. The lowest BCUT2D eigenvalue weighted by atomic mass is 10.1. The molecule has 30 heavy (non-hydrogen) atoms. The molecule has 1 heterocycles. The minimum Gasteiger partial charge on any atom is -0.411 e. The molecule has 10 heteroatoms. The van der Waals surface area contributed by atoms with Gasteiger partial charge >= 0.3 is 0 Å². The molecule has 0 saturated carbocycles. The van der Waals surface area contributed by atoms with Crippen LogP contribution in [0.15, 0.2) is 4.21 Å². The predicted molar refractivity (Wildman–Crippen MR) is 132 cm³/mol. The van der Waals surface area contributed by atoms with Crippen LogP contribution in [0.1, 0.15) is 66.1 Å². The zero-order valence-corrected chi connectivity index (χ0v) is 24.7. The van der Waals surface area contributed by atoms with Gasteiger partial charge in [0.1, 0.15) is 18.8 Å². The molecule has 1 N–H and O–H groups in total.